The summed E-state index contributed by atoms with van der Waals surface area (Å²) in [6.45, 7) is 0. The molecule has 10 aromatic rings. The predicted octanol–water partition coefficient (Wildman–Crippen LogP) is 10.6. The summed E-state index contributed by atoms with van der Waals surface area (Å²) in [6, 6.07) is 55.1. The highest BCUT2D eigenvalue weighted by Crippen LogP contribution is 2.40. The van der Waals surface area contributed by atoms with Gasteiger partial charge in [0.15, 0.2) is 0 Å². The summed E-state index contributed by atoms with van der Waals surface area (Å²) in [5.74, 6) is 0.832. The molecule has 0 amide bonds. The van der Waals surface area contributed by atoms with Crippen LogP contribution in [0.5, 0.6) is 0 Å². The van der Waals surface area contributed by atoms with Gasteiger partial charge in [-0.3, -0.25) is 4.57 Å². The Morgan fingerprint density at radius 1 is 0.375 bits per heavy atom. The van der Waals surface area contributed by atoms with Gasteiger partial charge in [0.2, 0.25) is 0 Å². The number of nitrogens with zero attached hydrogens (tertiary/aromatic N) is 5. The van der Waals surface area contributed by atoms with E-state index in [0.29, 0.717) is 0 Å². The Kier molecular flexibility index (Phi) is 5.81. The van der Waals surface area contributed by atoms with Gasteiger partial charge in [-0.2, -0.15) is 0 Å². The highest BCUT2D eigenvalue weighted by molar-refractivity contribution is 6.19. The first-order chi connectivity index (χ1) is 23.8. The van der Waals surface area contributed by atoms with Crippen molar-refractivity contribution in [3.63, 3.8) is 0 Å². The van der Waals surface area contributed by atoms with Crippen molar-refractivity contribution in [2.45, 2.75) is 0 Å². The molecular formula is C43H27N5. The summed E-state index contributed by atoms with van der Waals surface area (Å²) >= 11 is 0. The van der Waals surface area contributed by atoms with Gasteiger partial charge in [0.25, 0.3) is 0 Å². The first kappa shape index (κ1) is 26.6. The van der Waals surface area contributed by atoms with Crippen LogP contribution in [0.2, 0.25) is 0 Å². The van der Waals surface area contributed by atoms with E-state index in [1.807, 2.05) is 54.7 Å². The number of hydrogen-bond acceptors (Lipinski definition) is 3. The number of hydrogen-bond donors (Lipinski definition) is 0. The zero-order valence-corrected chi connectivity index (χ0v) is 25.8. The third kappa shape index (κ3) is 4.01. The van der Waals surface area contributed by atoms with Gasteiger partial charge in [-0.25, -0.2) is 15.0 Å². The largest absolute Gasteiger partial charge is 0.309 e. The fourth-order valence-electron chi connectivity index (χ4n) is 7.22. The van der Waals surface area contributed by atoms with Crippen molar-refractivity contribution in [3.8, 4) is 34.0 Å². The van der Waals surface area contributed by atoms with Crippen LogP contribution in [0, 0.1) is 0 Å². The van der Waals surface area contributed by atoms with Gasteiger partial charge >= 0.3 is 0 Å². The highest BCUT2D eigenvalue weighted by atomic mass is 15.1. The minimum atomic E-state index is 0.831. The molecule has 0 saturated carbocycles. The quantitative estimate of drug-likeness (QED) is 0.198. The molecule has 0 aliphatic heterocycles. The van der Waals surface area contributed by atoms with E-state index in [-0.39, 0.29) is 0 Å². The normalized spacial score (nSPS) is 11.8. The standard InChI is InChI=1S/C43H27N5/c1-3-13-28(14-4-1)42-43(46-36-20-10-9-19-35(36)45-42)29-23-24-44-41(25-29)48-38-22-12-8-18-32(38)34-26-39-33(27-40(34)48)31-17-7-11-21-37(31)47(39)30-15-5-2-6-16-30/h1-27H. The lowest BCUT2D eigenvalue weighted by Crippen LogP contribution is -2.00. The molecule has 0 atom stereocenters. The first-order valence-corrected chi connectivity index (χ1v) is 16.1. The summed E-state index contributed by atoms with van der Waals surface area (Å²) < 4.78 is 4.66. The second kappa shape index (κ2) is 10.5. The van der Waals surface area contributed by atoms with Gasteiger partial charge in [0.1, 0.15) is 5.82 Å². The van der Waals surface area contributed by atoms with Crippen LogP contribution in [0.15, 0.2) is 164 Å². The number of benzene rings is 6. The molecule has 0 unspecified atom stereocenters. The summed E-state index contributed by atoms with van der Waals surface area (Å²) in [4.78, 5) is 15.3. The molecule has 6 aromatic carbocycles. The Balaban J connectivity index is 1.25. The van der Waals surface area contributed by atoms with Gasteiger partial charge in [-0.1, -0.05) is 97.1 Å². The van der Waals surface area contributed by atoms with Crippen molar-refractivity contribution in [2.75, 3.05) is 0 Å². The molecule has 5 heteroatoms. The average molecular weight is 614 g/mol. The molecule has 48 heavy (non-hydrogen) atoms. The van der Waals surface area contributed by atoms with E-state index in [2.05, 4.69) is 118 Å². The van der Waals surface area contributed by atoms with E-state index in [0.717, 1.165) is 56.1 Å². The number of fused-ring (bicyclic) bond motifs is 7. The van der Waals surface area contributed by atoms with Crippen molar-refractivity contribution in [3.05, 3.63) is 164 Å². The number of para-hydroxylation sites is 5. The topological polar surface area (TPSA) is 48.5 Å². The molecule has 0 aliphatic carbocycles. The SMILES string of the molecule is c1ccc(-c2nc3ccccc3nc2-c2ccnc(-n3c4ccccc4c4cc5c(cc43)c3ccccc3n5-c3ccccc3)c2)cc1. The average Bonchev–Trinajstić information content (AvgIpc) is 3.66. The summed E-state index contributed by atoms with van der Waals surface area (Å²) in [6.07, 6.45) is 1.89. The molecule has 4 heterocycles. The Morgan fingerprint density at radius 2 is 0.896 bits per heavy atom. The molecule has 0 saturated heterocycles. The molecular weight excluding hydrogens is 587 g/mol. The highest BCUT2D eigenvalue weighted by Gasteiger charge is 2.20. The third-order valence-corrected chi connectivity index (χ3v) is 9.35. The van der Waals surface area contributed by atoms with Crippen LogP contribution in [-0.4, -0.2) is 24.1 Å². The second-order valence-corrected chi connectivity index (χ2v) is 12.1. The van der Waals surface area contributed by atoms with Crippen molar-refractivity contribution in [2.24, 2.45) is 0 Å². The van der Waals surface area contributed by atoms with Crippen LogP contribution in [0.4, 0.5) is 0 Å². The Morgan fingerprint density at radius 3 is 1.56 bits per heavy atom. The van der Waals surface area contributed by atoms with Crippen molar-refractivity contribution in [1.82, 2.24) is 24.1 Å². The zero-order valence-electron chi connectivity index (χ0n) is 25.8. The molecule has 10 rings (SSSR count). The molecule has 0 fully saturated rings. The minimum Gasteiger partial charge on any atom is -0.309 e. The predicted molar refractivity (Wildman–Crippen MR) is 197 cm³/mol. The Labute approximate surface area is 276 Å². The molecule has 0 spiro atoms. The van der Waals surface area contributed by atoms with E-state index in [9.17, 15) is 0 Å². The number of aromatic nitrogens is 5. The second-order valence-electron chi connectivity index (χ2n) is 12.1. The van der Waals surface area contributed by atoms with Gasteiger partial charge in [0.05, 0.1) is 44.5 Å². The zero-order chi connectivity index (χ0) is 31.6. The van der Waals surface area contributed by atoms with Crippen LogP contribution in [-0.2, 0) is 0 Å². The van der Waals surface area contributed by atoms with E-state index in [1.54, 1.807) is 0 Å². The summed E-state index contributed by atoms with van der Waals surface area (Å²) in [7, 11) is 0. The fraction of sp³-hybridized carbons (Fsp3) is 0. The molecule has 5 nitrogen and oxygen atoms in total. The lowest BCUT2D eigenvalue weighted by molar-refractivity contribution is 1.08. The van der Waals surface area contributed by atoms with Crippen molar-refractivity contribution < 1.29 is 0 Å². The third-order valence-electron chi connectivity index (χ3n) is 9.35. The van der Waals surface area contributed by atoms with E-state index < -0.39 is 0 Å². The Bertz CT molecular complexity index is 2830. The lowest BCUT2D eigenvalue weighted by atomic mass is 10.0. The lowest BCUT2D eigenvalue weighted by Gasteiger charge is -2.13. The van der Waals surface area contributed by atoms with Gasteiger partial charge in [-0.05, 0) is 60.7 Å². The maximum Gasteiger partial charge on any atom is 0.138 e. The van der Waals surface area contributed by atoms with Crippen LogP contribution in [0.1, 0.15) is 0 Å². The molecule has 0 radical (unpaired) electrons. The van der Waals surface area contributed by atoms with Crippen LogP contribution < -0.4 is 0 Å². The summed E-state index contributed by atoms with van der Waals surface area (Å²) in [5, 5.41) is 4.78. The van der Waals surface area contributed by atoms with E-state index >= 15 is 0 Å². The van der Waals surface area contributed by atoms with Gasteiger partial charge in [0, 0.05) is 44.6 Å². The van der Waals surface area contributed by atoms with Crippen molar-refractivity contribution in [1.29, 1.82) is 0 Å². The fourth-order valence-corrected chi connectivity index (χ4v) is 7.22. The first-order valence-electron chi connectivity index (χ1n) is 16.1. The molecule has 0 N–H and O–H groups in total. The van der Waals surface area contributed by atoms with E-state index in [4.69, 9.17) is 15.0 Å². The minimum absolute atomic E-state index is 0.831. The molecule has 4 aromatic heterocycles. The van der Waals surface area contributed by atoms with Gasteiger partial charge in [-0.15, -0.1) is 0 Å². The summed E-state index contributed by atoms with van der Waals surface area (Å²) in [5.41, 5.74) is 11.1. The number of rotatable bonds is 4. The van der Waals surface area contributed by atoms with Gasteiger partial charge < -0.3 is 4.57 Å². The monoisotopic (exact) mass is 613 g/mol. The Hall–Kier alpha value is -6.59. The molecule has 0 bridgehead atoms. The molecule has 0 aliphatic rings. The van der Waals surface area contributed by atoms with E-state index in [1.165, 1.54) is 32.6 Å². The maximum absolute atomic E-state index is 5.17. The number of pyridine rings is 1. The van der Waals surface area contributed by atoms with Crippen molar-refractivity contribution >= 4 is 54.6 Å². The molecule has 224 valence electrons. The smallest absolute Gasteiger partial charge is 0.138 e. The maximum atomic E-state index is 5.17. The van der Waals surface area contributed by atoms with Crippen LogP contribution >= 0.6 is 0 Å². The van der Waals surface area contributed by atoms with Crippen LogP contribution in [0.3, 0.4) is 0 Å². The van der Waals surface area contributed by atoms with Crippen LogP contribution in [0.25, 0.3) is 88.7 Å².